The predicted octanol–water partition coefficient (Wildman–Crippen LogP) is 2.13. The van der Waals surface area contributed by atoms with Gasteiger partial charge < -0.3 is 20.1 Å². The number of hydrogen-bond acceptors (Lipinski definition) is 4. The summed E-state index contributed by atoms with van der Waals surface area (Å²) < 4.78 is 10.6. The first kappa shape index (κ1) is 16.8. The summed E-state index contributed by atoms with van der Waals surface area (Å²) in [4.78, 5) is 12.1. The van der Waals surface area contributed by atoms with Crippen molar-refractivity contribution in [3.63, 3.8) is 0 Å². The molecule has 2 aromatic carbocycles. The molecule has 0 saturated heterocycles. The summed E-state index contributed by atoms with van der Waals surface area (Å²) in [5, 5.41) is 5.90. The van der Waals surface area contributed by atoms with Crippen LogP contribution in [0.2, 0.25) is 0 Å². The number of carbonyl (C=O) groups excluding carboxylic acids is 1. The van der Waals surface area contributed by atoms with Gasteiger partial charge in [-0.15, -0.1) is 0 Å². The molecule has 0 bridgehead atoms. The van der Waals surface area contributed by atoms with E-state index < -0.39 is 0 Å². The van der Waals surface area contributed by atoms with Gasteiger partial charge >= 0.3 is 0 Å². The molecule has 0 spiro atoms. The van der Waals surface area contributed by atoms with Gasteiger partial charge in [-0.1, -0.05) is 30.3 Å². The number of para-hydroxylation sites is 1. The number of amides is 1. The Labute approximate surface area is 136 Å². The van der Waals surface area contributed by atoms with Crippen molar-refractivity contribution in [1.29, 1.82) is 0 Å². The molecule has 0 fully saturated rings. The van der Waals surface area contributed by atoms with Gasteiger partial charge in [0.15, 0.2) is 0 Å². The fourth-order valence-electron chi connectivity index (χ4n) is 2.41. The van der Waals surface area contributed by atoms with Gasteiger partial charge in [-0.2, -0.15) is 0 Å². The molecule has 2 aromatic rings. The first-order valence-corrected chi connectivity index (χ1v) is 7.40. The molecule has 1 amide bonds. The second kappa shape index (κ2) is 8.19. The molecule has 1 atom stereocenters. The van der Waals surface area contributed by atoms with E-state index in [9.17, 15) is 4.79 Å². The predicted molar refractivity (Wildman–Crippen MR) is 89.9 cm³/mol. The van der Waals surface area contributed by atoms with Crippen LogP contribution in [0.4, 0.5) is 0 Å². The third-order valence-electron chi connectivity index (χ3n) is 3.54. The Morgan fingerprint density at radius 2 is 1.74 bits per heavy atom. The lowest BCUT2D eigenvalue weighted by molar-refractivity contribution is -0.120. The van der Waals surface area contributed by atoms with E-state index >= 15 is 0 Å². The van der Waals surface area contributed by atoms with E-state index in [1.807, 2.05) is 48.5 Å². The zero-order chi connectivity index (χ0) is 16.7. The number of nitrogens with one attached hydrogen (secondary N) is 2. The second-order valence-electron chi connectivity index (χ2n) is 5.05. The SMILES string of the molecule is CNCC(=O)N[C@H](c1ccc(OC)cc1)c1ccccc1OC. The molecule has 5 heteroatoms. The van der Waals surface area contributed by atoms with Crippen LogP contribution in [0.5, 0.6) is 11.5 Å². The summed E-state index contributed by atoms with van der Waals surface area (Å²) >= 11 is 0. The van der Waals surface area contributed by atoms with E-state index in [1.165, 1.54) is 0 Å². The highest BCUT2D eigenvalue weighted by atomic mass is 16.5. The van der Waals surface area contributed by atoms with Crippen molar-refractivity contribution >= 4 is 5.91 Å². The van der Waals surface area contributed by atoms with Crippen molar-refractivity contribution < 1.29 is 14.3 Å². The van der Waals surface area contributed by atoms with E-state index in [4.69, 9.17) is 9.47 Å². The molecule has 0 aromatic heterocycles. The van der Waals surface area contributed by atoms with Crippen LogP contribution in [0.25, 0.3) is 0 Å². The quantitative estimate of drug-likeness (QED) is 0.822. The lowest BCUT2D eigenvalue weighted by atomic mass is 9.97. The molecule has 0 aliphatic carbocycles. The number of rotatable bonds is 7. The first-order valence-electron chi connectivity index (χ1n) is 7.40. The maximum atomic E-state index is 12.1. The van der Waals surface area contributed by atoms with Crippen LogP contribution in [0.15, 0.2) is 48.5 Å². The summed E-state index contributed by atoms with van der Waals surface area (Å²) in [6.45, 7) is 0.252. The summed E-state index contributed by atoms with van der Waals surface area (Å²) in [5.74, 6) is 1.42. The van der Waals surface area contributed by atoms with E-state index in [1.54, 1.807) is 21.3 Å². The van der Waals surface area contributed by atoms with E-state index in [0.29, 0.717) is 0 Å². The van der Waals surface area contributed by atoms with Gasteiger partial charge in [-0.05, 0) is 30.8 Å². The van der Waals surface area contributed by atoms with Crippen LogP contribution in [0.1, 0.15) is 17.2 Å². The van der Waals surface area contributed by atoms with Crippen LogP contribution in [0, 0.1) is 0 Å². The molecule has 0 aliphatic rings. The van der Waals surface area contributed by atoms with Gasteiger partial charge in [0.25, 0.3) is 0 Å². The first-order chi connectivity index (χ1) is 11.2. The van der Waals surface area contributed by atoms with E-state index in [0.717, 1.165) is 22.6 Å². The van der Waals surface area contributed by atoms with Gasteiger partial charge in [0.05, 0.1) is 26.8 Å². The summed E-state index contributed by atoms with van der Waals surface area (Å²) in [6, 6.07) is 15.0. The van der Waals surface area contributed by atoms with Crippen molar-refractivity contribution in [2.75, 3.05) is 27.8 Å². The Morgan fingerprint density at radius 3 is 2.35 bits per heavy atom. The molecule has 0 saturated carbocycles. The molecule has 23 heavy (non-hydrogen) atoms. The van der Waals surface area contributed by atoms with Crippen molar-refractivity contribution in [3.8, 4) is 11.5 Å². The molecule has 0 unspecified atom stereocenters. The average molecular weight is 314 g/mol. The highest BCUT2D eigenvalue weighted by Crippen LogP contribution is 2.30. The summed E-state index contributed by atoms with van der Waals surface area (Å²) in [5.41, 5.74) is 1.87. The standard InChI is InChI=1S/C18H22N2O3/c1-19-12-17(21)20-18(13-8-10-14(22-2)11-9-13)15-6-4-5-7-16(15)23-3/h4-11,18-19H,12H2,1-3H3,(H,20,21)/t18-/m1/s1. The van der Waals surface area contributed by atoms with Gasteiger partial charge in [0.2, 0.25) is 5.91 Å². The Kier molecular flexibility index (Phi) is 6.00. The third kappa shape index (κ3) is 4.23. The molecule has 2 rings (SSSR count). The third-order valence-corrected chi connectivity index (χ3v) is 3.54. The number of hydrogen-bond donors (Lipinski definition) is 2. The lowest BCUT2D eigenvalue weighted by Gasteiger charge is -2.22. The maximum absolute atomic E-state index is 12.1. The number of ether oxygens (including phenoxy) is 2. The van der Waals surface area contributed by atoms with E-state index in [2.05, 4.69) is 10.6 Å². The topological polar surface area (TPSA) is 59.6 Å². The Balaban J connectivity index is 2.39. The van der Waals surface area contributed by atoms with Crippen molar-refractivity contribution in [1.82, 2.24) is 10.6 Å². The number of carbonyl (C=O) groups is 1. The van der Waals surface area contributed by atoms with Crippen LogP contribution >= 0.6 is 0 Å². The number of methoxy groups -OCH3 is 2. The van der Waals surface area contributed by atoms with Crippen molar-refractivity contribution in [2.24, 2.45) is 0 Å². The molecule has 0 aliphatic heterocycles. The van der Waals surface area contributed by atoms with Gasteiger partial charge in [-0.3, -0.25) is 4.79 Å². The largest absolute Gasteiger partial charge is 0.497 e. The fraction of sp³-hybridized carbons (Fsp3) is 0.278. The van der Waals surface area contributed by atoms with Gasteiger partial charge in [-0.25, -0.2) is 0 Å². The molecular weight excluding hydrogens is 292 g/mol. The minimum absolute atomic E-state index is 0.0841. The zero-order valence-electron chi connectivity index (χ0n) is 13.6. The number of benzene rings is 2. The fourth-order valence-corrected chi connectivity index (χ4v) is 2.41. The molecule has 5 nitrogen and oxygen atoms in total. The van der Waals surface area contributed by atoms with Gasteiger partial charge in [0.1, 0.15) is 11.5 Å². The Bertz CT molecular complexity index is 641. The molecule has 2 N–H and O–H groups in total. The van der Waals surface area contributed by atoms with Crippen molar-refractivity contribution in [2.45, 2.75) is 6.04 Å². The minimum atomic E-state index is -0.294. The molecule has 122 valence electrons. The molecule has 0 heterocycles. The average Bonchev–Trinajstić information content (AvgIpc) is 2.60. The minimum Gasteiger partial charge on any atom is -0.497 e. The molecule has 0 radical (unpaired) electrons. The highest BCUT2D eigenvalue weighted by Gasteiger charge is 2.20. The van der Waals surface area contributed by atoms with Crippen LogP contribution in [-0.4, -0.2) is 33.7 Å². The molecular formula is C18H22N2O3. The van der Waals surface area contributed by atoms with E-state index in [-0.39, 0.29) is 18.5 Å². The Hall–Kier alpha value is -2.53. The lowest BCUT2D eigenvalue weighted by Crippen LogP contribution is -2.35. The second-order valence-corrected chi connectivity index (χ2v) is 5.05. The van der Waals surface area contributed by atoms with Crippen LogP contribution < -0.4 is 20.1 Å². The number of likely N-dealkylation sites (N-methyl/N-ethyl adjacent to an activating group) is 1. The summed E-state index contributed by atoms with van der Waals surface area (Å²) in [6.07, 6.45) is 0. The van der Waals surface area contributed by atoms with Crippen LogP contribution in [0.3, 0.4) is 0 Å². The highest BCUT2D eigenvalue weighted by molar-refractivity contribution is 5.79. The van der Waals surface area contributed by atoms with Crippen LogP contribution in [-0.2, 0) is 4.79 Å². The monoisotopic (exact) mass is 314 g/mol. The summed E-state index contributed by atoms with van der Waals surface area (Å²) in [7, 11) is 4.99. The normalized spacial score (nSPS) is 11.6. The maximum Gasteiger partial charge on any atom is 0.234 e. The zero-order valence-corrected chi connectivity index (χ0v) is 13.6. The van der Waals surface area contributed by atoms with Gasteiger partial charge in [0, 0.05) is 5.56 Å². The smallest absolute Gasteiger partial charge is 0.234 e. The van der Waals surface area contributed by atoms with Crippen molar-refractivity contribution in [3.05, 3.63) is 59.7 Å². The Morgan fingerprint density at radius 1 is 1.04 bits per heavy atom.